The number of nitrogens with zero attached hydrogens (tertiary/aromatic N) is 1. The molecule has 0 spiro atoms. The van der Waals surface area contributed by atoms with E-state index >= 15 is 0 Å². The third-order valence-electron chi connectivity index (χ3n) is 2.08. The number of ether oxygens (including phenoxy) is 1. The SMILES string of the molecule is CC(C)(C)OC(=O)C(F)c1ccc([N+](=O)[O-])cc1F. The molecule has 0 heterocycles. The van der Waals surface area contributed by atoms with Gasteiger partial charge in [-0.3, -0.25) is 10.1 Å². The van der Waals surface area contributed by atoms with E-state index in [2.05, 4.69) is 0 Å². The fourth-order valence-corrected chi connectivity index (χ4v) is 1.32. The van der Waals surface area contributed by atoms with Gasteiger partial charge in [0, 0.05) is 11.6 Å². The summed E-state index contributed by atoms with van der Waals surface area (Å²) in [6, 6.07) is 2.35. The molecule has 0 saturated heterocycles. The van der Waals surface area contributed by atoms with Crippen molar-refractivity contribution in [2.24, 2.45) is 0 Å². The average molecular weight is 273 g/mol. The summed E-state index contributed by atoms with van der Waals surface area (Å²) in [7, 11) is 0. The molecule has 0 fully saturated rings. The number of halogens is 2. The number of rotatable bonds is 3. The number of hydrogen-bond acceptors (Lipinski definition) is 4. The van der Waals surface area contributed by atoms with Gasteiger partial charge in [-0.05, 0) is 26.8 Å². The molecule has 0 aliphatic rings. The largest absolute Gasteiger partial charge is 0.458 e. The van der Waals surface area contributed by atoms with Gasteiger partial charge >= 0.3 is 5.97 Å². The highest BCUT2D eigenvalue weighted by Crippen LogP contribution is 2.27. The fraction of sp³-hybridized carbons (Fsp3) is 0.417. The average Bonchev–Trinajstić information content (AvgIpc) is 2.25. The molecule has 0 radical (unpaired) electrons. The van der Waals surface area contributed by atoms with Crippen LogP contribution in [0.5, 0.6) is 0 Å². The standard InChI is InChI=1S/C12H13F2NO4/c1-12(2,3)19-11(16)10(14)8-5-4-7(15(17)18)6-9(8)13/h4-6,10H,1-3H3. The zero-order valence-electron chi connectivity index (χ0n) is 10.6. The van der Waals surface area contributed by atoms with Crippen LogP contribution < -0.4 is 0 Å². The van der Waals surface area contributed by atoms with E-state index in [0.717, 1.165) is 12.1 Å². The van der Waals surface area contributed by atoms with E-state index in [4.69, 9.17) is 4.74 Å². The zero-order chi connectivity index (χ0) is 14.8. The van der Waals surface area contributed by atoms with Gasteiger partial charge in [-0.2, -0.15) is 0 Å². The van der Waals surface area contributed by atoms with E-state index in [1.165, 1.54) is 0 Å². The Labute approximate surface area is 108 Å². The van der Waals surface area contributed by atoms with Crippen LogP contribution in [0.4, 0.5) is 14.5 Å². The summed E-state index contributed by atoms with van der Waals surface area (Å²) in [5.41, 5.74) is -2.00. The van der Waals surface area contributed by atoms with Crippen LogP contribution in [0.25, 0.3) is 0 Å². The summed E-state index contributed by atoms with van der Waals surface area (Å²) in [5, 5.41) is 10.4. The lowest BCUT2D eigenvalue weighted by Crippen LogP contribution is -2.26. The second-order valence-corrected chi connectivity index (χ2v) is 4.86. The van der Waals surface area contributed by atoms with Gasteiger partial charge in [-0.25, -0.2) is 13.6 Å². The number of nitro benzene ring substituents is 1. The Balaban J connectivity index is 2.97. The second-order valence-electron chi connectivity index (χ2n) is 4.86. The van der Waals surface area contributed by atoms with Crippen LogP contribution in [0.15, 0.2) is 18.2 Å². The number of nitro groups is 1. The molecule has 0 bridgehead atoms. The molecule has 7 heteroatoms. The number of esters is 1. The minimum Gasteiger partial charge on any atom is -0.458 e. The highest BCUT2D eigenvalue weighted by atomic mass is 19.1. The lowest BCUT2D eigenvalue weighted by Gasteiger charge is -2.21. The van der Waals surface area contributed by atoms with Crippen LogP contribution in [0.3, 0.4) is 0 Å². The molecule has 5 nitrogen and oxygen atoms in total. The van der Waals surface area contributed by atoms with Gasteiger partial charge in [0.1, 0.15) is 11.4 Å². The lowest BCUT2D eigenvalue weighted by molar-refractivity contribution is -0.385. The van der Waals surface area contributed by atoms with Crippen molar-refractivity contribution in [3.8, 4) is 0 Å². The second kappa shape index (κ2) is 5.29. The van der Waals surface area contributed by atoms with Crippen molar-refractivity contribution >= 4 is 11.7 Å². The van der Waals surface area contributed by atoms with Crippen molar-refractivity contribution in [1.82, 2.24) is 0 Å². The predicted octanol–water partition coefficient (Wildman–Crippen LogP) is 3.09. The Morgan fingerprint density at radius 3 is 2.42 bits per heavy atom. The molecule has 0 aromatic heterocycles. The van der Waals surface area contributed by atoms with Crippen molar-refractivity contribution in [2.75, 3.05) is 0 Å². The molecule has 0 N–H and O–H groups in total. The Bertz CT molecular complexity index is 511. The molecule has 0 aliphatic carbocycles. The summed E-state index contributed by atoms with van der Waals surface area (Å²) < 4.78 is 32.0. The number of carbonyl (C=O) groups excluding carboxylic acids is 1. The van der Waals surface area contributed by atoms with Crippen LogP contribution >= 0.6 is 0 Å². The van der Waals surface area contributed by atoms with E-state index < -0.39 is 39.7 Å². The molecule has 0 amide bonds. The predicted molar refractivity (Wildman–Crippen MR) is 62.7 cm³/mol. The number of alkyl halides is 1. The molecule has 104 valence electrons. The molecule has 0 aliphatic heterocycles. The number of hydrogen-bond donors (Lipinski definition) is 0. The van der Waals surface area contributed by atoms with Crippen molar-refractivity contribution in [3.05, 3.63) is 39.7 Å². The van der Waals surface area contributed by atoms with E-state index in [0.29, 0.717) is 6.07 Å². The van der Waals surface area contributed by atoms with Gasteiger partial charge in [0.05, 0.1) is 11.0 Å². The zero-order valence-corrected chi connectivity index (χ0v) is 10.6. The third-order valence-corrected chi connectivity index (χ3v) is 2.08. The van der Waals surface area contributed by atoms with Crippen LogP contribution in [-0.4, -0.2) is 16.5 Å². The molecule has 1 atom stereocenters. The van der Waals surface area contributed by atoms with Crippen molar-refractivity contribution in [3.63, 3.8) is 0 Å². The van der Waals surface area contributed by atoms with Crippen LogP contribution in [0.1, 0.15) is 32.5 Å². The van der Waals surface area contributed by atoms with Gasteiger partial charge in [-0.1, -0.05) is 0 Å². The number of non-ortho nitro benzene ring substituents is 1. The molecular formula is C12H13F2NO4. The lowest BCUT2D eigenvalue weighted by atomic mass is 10.1. The first-order valence-corrected chi connectivity index (χ1v) is 5.42. The minimum absolute atomic E-state index is 0.516. The molecule has 1 rings (SSSR count). The van der Waals surface area contributed by atoms with Crippen LogP contribution in [-0.2, 0) is 9.53 Å². The molecule has 1 unspecified atom stereocenters. The Morgan fingerprint density at radius 1 is 1.42 bits per heavy atom. The number of carbonyl (C=O) groups is 1. The van der Waals surface area contributed by atoms with Crippen molar-refractivity contribution in [2.45, 2.75) is 32.5 Å². The smallest absolute Gasteiger partial charge is 0.346 e. The molecule has 1 aromatic carbocycles. The summed E-state index contributed by atoms with van der Waals surface area (Å²) >= 11 is 0. The maximum absolute atomic E-state index is 13.8. The summed E-state index contributed by atoms with van der Waals surface area (Å²) in [5.74, 6) is -2.40. The first-order valence-electron chi connectivity index (χ1n) is 5.42. The maximum atomic E-state index is 13.8. The van der Waals surface area contributed by atoms with Gasteiger partial charge in [0.25, 0.3) is 5.69 Å². The first kappa shape index (κ1) is 15.0. The number of benzene rings is 1. The van der Waals surface area contributed by atoms with E-state index in [1.54, 1.807) is 20.8 Å². The van der Waals surface area contributed by atoms with E-state index in [9.17, 15) is 23.7 Å². The van der Waals surface area contributed by atoms with Gasteiger partial charge in [0.2, 0.25) is 6.17 Å². The normalized spacial score (nSPS) is 12.9. The van der Waals surface area contributed by atoms with Crippen molar-refractivity contribution in [1.29, 1.82) is 0 Å². The molecular weight excluding hydrogens is 260 g/mol. The van der Waals surface area contributed by atoms with Crippen LogP contribution in [0, 0.1) is 15.9 Å². The molecule has 1 aromatic rings. The van der Waals surface area contributed by atoms with Gasteiger partial charge in [-0.15, -0.1) is 0 Å². The van der Waals surface area contributed by atoms with Gasteiger partial charge < -0.3 is 4.74 Å². The summed E-state index contributed by atoms with van der Waals surface area (Å²) in [6.07, 6.45) is -2.32. The van der Waals surface area contributed by atoms with E-state index in [1.807, 2.05) is 0 Å². The highest BCUT2D eigenvalue weighted by molar-refractivity contribution is 5.77. The fourth-order valence-electron chi connectivity index (χ4n) is 1.32. The van der Waals surface area contributed by atoms with E-state index in [-0.39, 0.29) is 0 Å². The van der Waals surface area contributed by atoms with Crippen molar-refractivity contribution < 1.29 is 23.2 Å². The first-order chi connectivity index (χ1) is 8.61. The maximum Gasteiger partial charge on any atom is 0.346 e. The highest BCUT2D eigenvalue weighted by Gasteiger charge is 2.29. The molecule has 0 saturated carbocycles. The topological polar surface area (TPSA) is 69.4 Å². The summed E-state index contributed by atoms with van der Waals surface area (Å²) in [6.45, 7) is 4.64. The minimum atomic E-state index is -2.32. The Hall–Kier alpha value is -2.05. The summed E-state index contributed by atoms with van der Waals surface area (Å²) in [4.78, 5) is 21.0. The monoisotopic (exact) mass is 273 g/mol. The molecule has 19 heavy (non-hydrogen) atoms. The van der Waals surface area contributed by atoms with Gasteiger partial charge in [0.15, 0.2) is 0 Å². The Morgan fingerprint density at radius 2 is 2.00 bits per heavy atom. The Kier molecular flexibility index (Phi) is 4.18. The van der Waals surface area contributed by atoms with Crippen LogP contribution in [0.2, 0.25) is 0 Å². The quantitative estimate of drug-likeness (QED) is 0.482. The third kappa shape index (κ3) is 3.97.